The number of hydrogen-bond acceptors (Lipinski definition) is 16. The molecule has 2 aliphatic rings. The van der Waals surface area contributed by atoms with Crippen LogP contribution in [0.4, 0.5) is 11.8 Å². The number of nitrogens with zero attached hydrogens (tertiary/aromatic N) is 4. The Labute approximate surface area is 337 Å². The molecule has 0 atom stereocenters. The fourth-order valence-electron chi connectivity index (χ4n) is 6.49. The van der Waals surface area contributed by atoms with Gasteiger partial charge in [0.2, 0.25) is 5.95 Å². The van der Waals surface area contributed by atoms with E-state index >= 15 is 0 Å². The van der Waals surface area contributed by atoms with Gasteiger partial charge in [-0.15, -0.1) is 0 Å². The van der Waals surface area contributed by atoms with E-state index in [4.69, 9.17) is 53.6 Å². The van der Waals surface area contributed by atoms with Crippen LogP contribution in [0.25, 0.3) is 10.9 Å². The van der Waals surface area contributed by atoms with Gasteiger partial charge < -0.3 is 53.8 Å². The molecule has 3 aromatic rings. The van der Waals surface area contributed by atoms with Crippen molar-refractivity contribution >= 4 is 32.5 Å². The van der Waals surface area contributed by atoms with E-state index in [0.29, 0.717) is 142 Å². The van der Waals surface area contributed by atoms with Crippen molar-refractivity contribution in [1.29, 1.82) is 0 Å². The predicted molar refractivity (Wildman–Crippen MR) is 218 cm³/mol. The van der Waals surface area contributed by atoms with Gasteiger partial charge >= 0.3 is 0 Å². The highest BCUT2D eigenvalue weighted by Crippen LogP contribution is 2.29. The maximum absolute atomic E-state index is 13.0. The number of fused-ring (bicyclic) bond motifs is 2. The normalized spacial score (nSPS) is 16.4. The number of aryl methyl sites for hydroxylation is 1. The van der Waals surface area contributed by atoms with Gasteiger partial charge in [-0.05, 0) is 37.6 Å². The van der Waals surface area contributed by atoms with E-state index in [2.05, 4.69) is 16.3 Å². The molecule has 1 saturated heterocycles. The van der Waals surface area contributed by atoms with E-state index in [1.54, 1.807) is 12.1 Å². The first-order chi connectivity index (χ1) is 27.8. The van der Waals surface area contributed by atoms with Gasteiger partial charge in [-0.2, -0.15) is 4.98 Å². The van der Waals surface area contributed by atoms with Crippen molar-refractivity contribution in [2.45, 2.75) is 30.8 Å². The lowest BCUT2D eigenvalue weighted by Crippen LogP contribution is -2.70. The number of ether oxygens (including phenoxy) is 8. The SMILES string of the molecule is CCOCCOCCOCCOCCOCCOCCOCCOCCN1CC(N)(CNc2nc(N3CCS(=O)(=O)c4ccccc4C3)nc3ccc(C)cc23)C1. The van der Waals surface area contributed by atoms with Crippen LogP contribution >= 0.6 is 0 Å². The summed E-state index contributed by atoms with van der Waals surface area (Å²) in [5, 5.41) is 4.42. The number of aromatic nitrogens is 2. The smallest absolute Gasteiger partial charge is 0.228 e. The van der Waals surface area contributed by atoms with Crippen LogP contribution in [-0.4, -0.2) is 173 Å². The molecule has 57 heavy (non-hydrogen) atoms. The maximum atomic E-state index is 13.0. The average Bonchev–Trinajstić information content (AvgIpc) is 3.33. The number of nitrogens with one attached hydrogen (secondary N) is 1. The molecular weight excluding hydrogens is 757 g/mol. The summed E-state index contributed by atoms with van der Waals surface area (Å²) in [6.45, 7) is 16.1. The highest BCUT2D eigenvalue weighted by molar-refractivity contribution is 7.91. The standard InChI is InChI=1S/C40H62N6O10S/c1-3-49-13-14-51-17-18-53-21-22-55-25-26-56-24-23-54-20-19-52-16-15-50-12-10-45-31-40(41,32-45)30-42-38-35-28-33(2)8-9-36(35)43-39(44-38)46-11-27-57(47,48)37-7-5-4-6-34(37)29-46/h4-9,28H,3,10-27,29-32,41H2,1-2H3,(H,42,43,44). The van der Waals surface area contributed by atoms with Gasteiger partial charge in [0, 0.05) is 51.3 Å². The number of rotatable bonds is 29. The van der Waals surface area contributed by atoms with Crippen LogP contribution in [0.5, 0.6) is 0 Å². The van der Waals surface area contributed by atoms with Crippen LogP contribution in [0.1, 0.15) is 18.1 Å². The molecule has 17 heteroatoms. The van der Waals surface area contributed by atoms with E-state index in [9.17, 15) is 8.42 Å². The second kappa shape index (κ2) is 24.1. The van der Waals surface area contributed by atoms with Gasteiger partial charge in [-0.1, -0.05) is 29.8 Å². The molecule has 0 unspecified atom stereocenters. The summed E-state index contributed by atoms with van der Waals surface area (Å²) < 4.78 is 69.9. The molecule has 2 aliphatic heterocycles. The molecule has 0 radical (unpaired) electrons. The molecule has 16 nitrogen and oxygen atoms in total. The van der Waals surface area contributed by atoms with Gasteiger partial charge in [0.15, 0.2) is 9.84 Å². The van der Waals surface area contributed by atoms with Crippen molar-refractivity contribution in [1.82, 2.24) is 14.9 Å². The Hall–Kier alpha value is -3.07. The maximum Gasteiger partial charge on any atom is 0.228 e. The third-order valence-corrected chi connectivity index (χ3v) is 11.3. The lowest BCUT2D eigenvalue weighted by Gasteiger charge is -2.47. The van der Waals surface area contributed by atoms with Crippen LogP contribution in [-0.2, 0) is 54.3 Å². The quantitative estimate of drug-likeness (QED) is 0.0975. The first-order valence-corrected chi connectivity index (χ1v) is 21.6. The van der Waals surface area contributed by atoms with Gasteiger partial charge in [0.1, 0.15) is 5.82 Å². The number of benzene rings is 2. The lowest BCUT2D eigenvalue weighted by atomic mass is 9.91. The van der Waals surface area contributed by atoms with Crippen molar-refractivity contribution in [2.75, 3.05) is 154 Å². The number of sulfone groups is 1. The van der Waals surface area contributed by atoms with Crippen molar-refractivity contribution in [3.8, 4) is 0 Å². The molecule has 0 bridgehead atoms. The third-order valence-electron chi connectivity index (χ3n) is 9.47. The molecule has 3 heterocycles. The Balaban J connectivity index is 0.879. The van der Waals surface area contributed by atoms with Crippen LogP contribution in [0.2, 0.25) is 0 Å². The Kier molecular flexibility index (Phi) is 19.1. The minimum absolute atomic E-state index is 0.00363. The van der Waals surface area contributed by atoms with E-state index in [1.165, 1.54) is 0 Å². The molecular formula is C40H62N6O10S. The fraction of sp³-hybridized carbons (Fsp3) is 0.650. The first-order valence-electron chi connectivity index (χ1n) is 20.0. The molecule has 0 spiro atoms. The predicted octanol–water partition coefficient (Wildman–Crippen LogP) is 2.31. The minimum atomic E-state index is -3.40. The third kappa shape index (κ3) is 15.2. The zero-order valence-electron chi connectivity index (χ0n) is 33.7. The summed E-state index contributed by atoms with van der Waals surface area (Å²) in [7, 11) is -3.40. The second-order valence-electron chi connectivity index (χ2n) is 14.2. The van der Waals surface area contributed by atoms with Crippen LogP contribution in [0, 0.1) is 6.92 Å². The largest absolute Gasteiger partial charge is 0.379 e. The molecule has 1 aromatic heterocycles. The van der Waals surface area contributed by atoms with Crippen LogP contribution in [0.3, 0.4) is 0 Å². The Morgan fingerprint density at radius 1 is 0.737 bits per heavy atom. The molecule has 318 valence electrons. The Morgan fingerprint density at radius 3 is 1.86 bits per heavy atom. The van der Waals surface area contributed by atoms with Crippen molar-refractivity contribution in [3.05, 3.63) is 53.6 Å². The zero-order chi connectivity index (χ0) is 40.2. The number of nitrogens with two attached hydrogens (primary N) is 1. The lowest BCUT2D eigenvalue weighted by molar-refractivity contribution is -0.0244. The van der Waals surface area contributed by atoms with Gasteiger partial charge in [0.05, 0.1) is 121 Å². The van der Waals surface area contributed by atoms with Crippen molar-refractivity contribution in [2.24, 2.45) is 5.73 Å². The van der Waals surface area contributed by atoms with Gasteiger partial charge in [0.25, 0.3) is 0 Å². The summed E-state index contributed by atoms with van der Waals surface area (Å²) in [4.78, 5) is 14.4. The molecule has 0 saturated carbocycles. The Bertz CT molecular complexity index is 1730. The summed E-state index contributed by atoms with van der Waals surface area (Å²) in [6.07, 6.45) is 0. The zero-order valence-corrected chi connectivity index (χ0v) is 34.5. The van der Waals surface area contributed by atoms with E-state index in [-0.39, 0.29) is 5.75 Å². The van der Waals surface area contributed by atoms with Gasteiger partial charge in [-0.3, -0.25) is 4.90 Å². The summed E-state index contributed by atoms with van der Waals surface area (Å²) in [6, 6.07) is 13.2. The molecule has 2 aromatic carbocycles. The van der Waals surface area contributed by atoms with Gasteiger partial charge in [-0.25, -0.2) is 13.4 Å². The van der Waals surface area contributed by atoms with E-state index in [1.807, 2.05) is 43.0 Å². The fourth-order valence-corrected chi connectivity index (χ4v) is 7.99. The summed E-state index contributed by atoms with van der Waals surface area (Å²) >= 11 is 0. The highest BCUT2D eigenvalue weighted by Gasteiger charge is 2.39. The molecule has 1 fully saturated rings. The second-order valence-corrected chi connectivity index (χ2v) is 16.2. The minimum Gasteiger partial charge on any atom is -0.379 e. The molecule has 3 N–H and O–H groups in total. The first kappa shape index (κ1) is 45.0. The average molecular weight is 819 g/mol. The Morgan fingerprint density at radius 2 is 1.28 bits per heavy atom. The van der Waals surface area contributed by atoms with Crippen molar-refractivity contribution in [3.63, 3.8) is 0 Å². The molecule has 0 aliphatic carbocycles. The summed E-state index contributed by atoms with van der Waals surface area (Å²) in [5.41, 5.74) is 8.98. The van der Waals surface area contributed by atoms with Crippen LogP contribution in [0.15, 0.2) is 47.4 Å². The molecule has 5 rings (SSSR count). The molecule has 0 amide bonds. The number of anilines is 2. The van der Waals surface area contributed by atoms with Crippen molar-refractivity contribution < 1.29 is 46.3 Å². The number of hydrogen-bond donors (Lipinski definition) is 2. The summed E-state index contributed by atoms with van der Waals surface area (Å²) in [5.74, 6) is 1.18. The number of likely N-dealkylation sites (tertiary alicyclic amines) is 1. The topological polar surface area (TPSA) is 178 Å². The van der Waals surface area contributed by atoms with Crippen LogP contribution < -0.4 is 16.0 Å². The monoisotopic (exact) mass is 818 g/mol. The van der Waals surface area contributed by atoms with E-state index < -0.39 is 15.4 Å². The van der Waals surface area contributed by atoms with E-state index in [0.717, 1.165) is 41.7 Å². The highest BCUT2D eigenvalue weighted by atomic mass is 32.2.